The Morgan fingerprint density at radius 3 is 1.53 bits per heavy atom. The van der Waals surface area contributed by atoms with Crippen molar-refractivity contribution >= 4 is 35.8 Å². The summed E-state index contributed by atoms with van der Waals surface area (Å²) < 4.78 is 180. The second-order valence-electron chi connectivity index (χ2n) is 24.8. The maximum absolute atomic E-state index is 13.8. The van der Waals surface area contributed by atoms with Crippen molar-refractivity contribution in [2.75, 3.05) is 78.6 Å². The third-order valence-electron chi connectivity index (χ3n) is 18.8. The van der Waals surface area contributed by atoms with Crippen LogP contribution in [0.1, 0.15) is 110 Å². The van der Waals surface area contributed by atoms with Crippen molar-refractivity contribution in [1.82, 2.24) is 20.9 Å². The van der Waals surface area contributed by atoms with E-state index in [1.54, 1.807) is 5.57 Å². The number of carboxylic acid groups (broad SMARTS) is 4. The summed E-state index contributed by atoms with van der Waals surface area (Å²) in [6.45, 7) is 27.5. The first-order chi connectivity index (χ1) is 42.7. The number of fused-ring (bicyclic) bond motifs is 7. The number of benzene rings is 1. The van der Waals surface area contributed by atoms with E-state index in [2.05, 4.69) is 92.7 Å². The van der Waals surface area contributed by atoms with E-state index < -0.39 is 60.7 Å². The number of carbonyl (C=O) groups is 6. The first-order valence-corrected chi connectivity index (χ1v) is 30.2. The number of hydrogen-bond donors (Lipinski definition) is 7. The fourth-order valence-corrected chi connectivity index (χ4v) is 13.8. The Balaban J connectivity index is 0.000000524. The third kappa shape index (κ3) is 23.9. The zero-order chi connectivity index (χ0) is 70.9. The summed E-state index contributed by atoms with van der Waals surface area (Å²) >= 11 is 0. The first kappa shape index (κ1) is 81.7. The van der Waals surface area contributed by atoms with Gasteiger partial charge in [0, 0.05) is 83.2 Å². The van der Waals surface area contributed by atoms with Gasteiger partial charge in [-0.25, -0.2) is 24.0 Å². The minimum absolute atomic E-state index is 0.00513. The molecule has 19 nitrogen and oxygen atoms in total. The van der Waals surface area contributed by atoms with Crippen LogP contribution < -0.4 is 16.0 Å². The van der Waals surface area contributed by atoms with Crippen molar-refractivity contribution in [2.45, 2.75) is 161 Å². The monoisotopic (exact) mass is 1370 g/mol. The Kier molecular flexibility index (Phi) is 29.8. The molecule has 3 heterocycles. The Bertz CT molecular complexity index is 2480. The summed E-state index contributed by atoms with van der Waals surface area (Å²) in [5.41, 5.74) is 4.78. The zero-order valence-corrected chi connectivity index (χ0v) is 52.3. The first-order valence-electron chi connectivity index (χ1n) is 30.2. The van der Waals surface area contributed by atoms with Crippen molar-refractivity contribution in [3.05, 3.63) is 47.0 Å². The van der Waals surface area contributed by atoms with E-state index in [-0.39, 0.29) is 23.3 Å². The molecule has 0 aromatic heterocycles. The number of allylic oxidation sites excluding steroid dienone is 1. The molecule has 6 fully saturated rings. The second-order valence-corrected chi connectivity index (χ2v) is 24.8. The van der Waals surface area contributed by atoms with Crippen LogP contribution in [-0.4, -0.2) is 198 Å². The Hall–Kier alpha value is -5.55. The lowest BCUT2D eigenvalue weighted by Crippen LogP contribution is -2.53. The zero-order valence-electron chi connectivity index (χ0n) is 52.3. The number of carboxylic acids is 4. The van der Waals surface area contributed by atoms with Crippen molar-refractivity contribution in [2.24, 2.45) is 46.3 Å². The SMILES string of the molecule is CC[N+](CC)(CC(=O)O[C@H]1CC[C@@]2(C)C(=CC[C@H]3[C@@H]4C[C@@H]5O[C@]6(CC[C@@H](C)CO6)[C@@H](C)[C@@H]5[C@@]4(C)CC[C@@H]32)C1)Cc1ccc(CN2CCNCCNCCNCC2)cc1.O=C(O)C(F)(F)F.O=C(O)C(F)(F)F.O=C(O)C(F)(F)F.O=C(O)C(F)(F)F.O=C([OH2+])C(F)(F)F. The van der Waals surface area contributed by atoms with Crippen LogP contribution in [0.25, 0.3) is 0 Å². The molecule has 534 valence electrons. The Morgan fingerprint density at radius 1 is 0.656 bits per heavy atom. The molecule has 1 aromatic rings. The topological polar surface area (TPSA) is 273 Å². The standard InChI is InChI=1S/C49H80N5O4.5C2HF3O2/c1-7-54(8-2,32-38-11-9-37(10-12-38)31-53-27-25-51-23-21-50-22-24-52-26-28-53)33-45(55)57-40-16-18-47(5)39(29-40)13-14-41-42(47)17-19-48(6)43(41)30-44-46(48)36(4)49(58-44)20-15-35(3)34-56-49;5*3-2(4,5)1(6)7/h9-13,35-36,40-44,46,50-52H,7-8,14-34H2,1-6H3;5*(H,6,7)/q+1;;;;;/p+1/t35-,36+,40+,41-,42+,43+,44+,46+,47+,48+,49-;;;;;/m1...../s1. The van der Waals surface area contributed by atoms with Gasteiger partial charge in [-0.3, -0.25) is 4.90 Å². The number of nitrogens with zero attached hydrogens (tertiary/aromatic N) is 2. The van der Waals surface area contributed by atoms with E-state index >= 15 is 0 Å². The number of alkyl halides is 15. The number of halogens is 15. The number of carbonyl (C=O) groups excluding carboxylic acids is 2. The summed E-state index contributed by atoms with van der Waals surface area (Å²) in [7, 11) is 0. The molecule has 7 aliphatic rings. The van der Waals surface area contributed by atoms with Gasteiger partial charge in [0.2, 0.25) is 0 Å². The molecule has 1 aromatic carbocycles. The Morgan fingerprint density at radius 2 is 1.11 bits per heavy atom. The van der Waals surface area contributed by atoms with E-state index in [0.29, 0.717) is 35.8 Å². The van der Waals surface area contributed by atoms with E-state index in [4.69, 9.17) is 63.7 Å². The molecule has 11 atom stereocenters. The molecule has 93 heavy (non-hydrogen) atoms. The predicted molar refractivity (Wildman–Crippen MR) is 301 cm³/mol. The van der Waals surface area contributed by atoms with Gasteiger partial charge in [-0.05, 0) is 105 Å². The van der Waals surface area contributed by atoms with Crippen molar-refractivity contribution < 1.29 is 139 Å². The molecular formula is C59H86F15N5O14+2. The van der Waals surface area contributed by atoms with Crippen LogP contribution in [0.2, 0.25) is 0 Å². The third-order valence-corrected chi connectivity index (χ3v) is 18.8. The summed E-state index contributed by atoms with van der Waals surface area (Å²) in [5, 5.41) is 44.6. The fraction of sp³-hybridized carbons (Fsp3) is 0.763. The van der Waals surface area contributed by atoms with Crippen LogP contribution in [0.5, 0.6) is 0 Å². The van der Waals surface area contributed by atoms with Gasteiger partial charge in [0.25, 0.3) is 0 Å². The van der Waals surface area contributed by atoms with E-state index in [1.807, 2.05) is 0 Å². The van der Waals surface area contributed by atoms with Gasteiger partial charge in [0.1, 0.15) is 12.6 Å². The van der Waals surface area contributed by atoms with Crippen molar-refractivity contribution in [3.63, 3.8) is 0 Å². The van der Waals surface area contributed by atoms with Crippen LogP contribution in [0.3, 0.4) is 0 Å². The molecule has 1 spiro atoms. The number of ether oxygens (including phenoxy) is 3. The number of aliphatic carboxylic acids is 4. The van der Waals surface area contributed by atoms with Crippen LogP contribution in [0.15, 0.2) is 35.9 Å². The second kappa shape index (κ2) is 33.9. The molecule has 0 radical (unpaired) electrons. The van der Waals surface area contributed by atoms with E-state index in [9.17, 15) is 70.7 Å². The maximum atomic E-state index is 13.8. The largest absolute Gasteiger partial charge is 0.623 e. The number of likely N-dealkylation sites (N-methyl/N-ethyl adjacent to an activating group) is 1. The number of hydrogen-bond acceptors (Lipinski definition) is 13. The van der Waals surface area contributed by atoms with Crippen LogP contribution in [-0.2, 0) is 56.1 Å². The quantitative estimate of drug-likeness (QED) is 0.0399. The lowest BCUT2D eigenvalue weighted by Gasteiger charge is -2.58. The molecule has 8 rings (SSSR count). The smallest absolute Gasteiger partial charge is 0.558 e. The lowest BCUT2D eigenvalue weighted by molar-refractivity contribution is -0.931. The molecule has 0 unspecified atom stereocenters. The maximum Gasteiger partial charge on any atom is 0.623 e. The fourth-order valence-electron chi connectivity index (χ4n) is 13.8. The molecule has 3 saturated carbocycles. The van der Waals surface area contributed by atoms with Crippen LogP contribution in [0.4, 0.5) is 65.9 Å². The molecule has 3 saturated heterocycles. The molecule has 0 amide bonds. The highest BCUT2D eigenvalue weighted by molar-refractivity contribution is 5.74. The normalized spacial score (nSPS) is 29.2. The van der Waals surface area contributed by atoms with Gasteiger partial charge in [-0.1, -0.05) is 63.6 Å². The minimum atomic E-state index is -5.08. The number of rotatable bonds is 9. The molecule has 0 bridgehead atoms. The van der Waals surface area contributed by atoms with Crippen LogP contribution >= 0.6 is 0 Å². The average Bonchev–Trinajstić information content (AvgIpc) is 1.57. The van der Waals surface area contributed by atoms with Gasteiger partial charge in [-0.15, -0.1) is 0 Å². The lowest BCUT2D eigenvalue weighted by atomic mass is 9.47. The highest BCUT2D eigenvalue weighted by atomic mass is 19.4. The number of nitrogens with one attached hydrogen (secondary N) is 3. The average molecular weight is 1370 g/mol. The number of esters is 1. The van der Waals surface area contributed by atoms with E-state index in [1.165, 1.54) is 43.2 Å². The molecule has 3 aliphatic heterocycles. The molecule has 34 heteroatoms. The Labute approximate surface area is 527 Å². The summed E-state index contributed by atoms with van der Waals surface area (Å²) in [5.74, 6) is -10.0. The molecule has 4 aliphatic carbocycles. The van der Waals surface area contributed by atoms with Crippen LogP contribution in [0, 0.1) is 46.3 Å². The number of quaternary nitrogens is 1. The highest BCUT2D eigenvalue weighted by Gasteiger charge is 2.69. The summed E-state index contributed by atoms with van der Waals surface area (Å²) in [6, 6.07) is 9.20. The molecule has 9 N–H and O–H groups in total. The van der Waals surface area contributed by atoms with Crippen molar-refractivity contribution in [3.8, 4) is 0 Å². The summed E-state index contributed by atoms with van der Waals surface area (Å²) in [6.07, 6.45) is -12.0. The van der Waals surface area contributed by atoms with Gasteiger partial charge in [0.05, 0.1) is 30.6 Å². The van der Waals surface area contributed by atoms with Gasteiger partial charge >= 0.3 is 66.7 Å². The highest BCUT2D eigenvalue weighted by Crippen LogP contribution is 2.70. The van der Waals surface area contributed by atoms with Gasteiger partial charge in [0.15, 0.2) is 12.3 Å². The molecular weight excluding hydrogens is 1290 g/mol. The van der Waals surface area contributed by atoms with E-state index in [0.717, 1.165) is 133 Å². The van der Waals surface area contributed by atoms with Gasteiger partial charge in [-0.2, -0.15) is 65.9 Å². The minimum Gasteiger partial charge on any atom is -0.558 e. The van der Waals surface area contributed by atoms with Crippen molar-refractivity contribution in [1.29, 1.82) is 0 Å². The predicted octanol–water partition coefficient (Wildman–Crippen LogP) is 9.24. The van der Waals surface area contributed by atoms with Gasteiger partial charge < -0.3 is 60.2 Å². The summed E-state index contributed by atoms with van der Waals surface area (Å²) in [4.78, 5) is 61.0.